The molecule has 1 atom stereocenters. The van der Waals surface area contributed by atoms with E-state index in [0.717, 1.165) is 17.7 Å². The Balaban J connectivity index is 2.23. The Morgan fingerprint density at radius 1 is 1.44 bits per heavy atom. The van der Waals surface area contributed by atoms with Gasteiger partial charge in [0.25, 0.3) is 0 Å². The summed E-state index contributed by atoms with van der Waals surface area (Å²) in [5.74, 6) is 0. The number of hydrogen-bond acceptors (Lipinski definition) is 3. The lowest BCUT2D eigenvalue weighted by Gasteiger charge is -2.09. The highest BCUT2D eigenvalue weighted by atomic mass is 35.5. The monoisotopic (exact) mass is 283 g/mol. The van der Waals surface area contributed by atoms with Crippen molar-refractivity contribution in [3.05, 3.63) is 37.8 Å². The Hall–Kier alpha value is -0.840. The van der Waals surface area contributed by atoms with Gasteiger partial charge in [-0.15, -0.1) is 11.3 Å². The third kappa shape index (κ3) is 2.46. The Bertz CT molecular complexity index is 552. The van der Waals surface area contributed by atoms with Gasteiger partial charge in [-0.3, -0.25) is 4.68 Å². The van der Waals surface area contributed by atoms with E-state index >= 15 is 0 Å². The van der Waals surface area contributed by atoms with Crippen LogP contribution in [0.2, 0.25) is 5.15 Å². The molecule has 0 saturated carbocycles. The molecule has 0 aliphatic heterocycles. The lowest BCUT2D eigenvalue weighted by molar-refractivity contribution is 0.731. The highest BCUT2D eigenvalue weighted by Crippen LogP contribution is 2.29. The second-order valence-corrected chi connectivity index (χ2v) is 6.32. The molecule has 2 aromatic heterocycles. The molecular formula is C13H18ClN3S. The molecule has 0 aromatic carbocycles. The molecule has 0 spiro atoms. The van der Waals surface area contributed by atoms with Crippen LogP contribution in [0.25, 0.3) is 0 Å². The molecule has 2 N–H and O–H groups in total. The SMILES string of the molecule is Cc1cc(C(N)Cc2c(C)nn(C)c2Cl)sc1C. The van der Waals surface area contributed by atoms with Gasteiger partial charge in [0.2, 0.25) is 0 Å². The zero-order valence-electron chi connectivity index (χ0n) is 11.1. The summed E-state index contributed by atoms with van der Waals surface area (Å²) in [6.07, 6.45) is 0.734. The van der Waals surface area contributed by atoms with Crippen LogP contribution in [0.5, 0.6) is 0 Å². The first kappa shape index (κ1) is 13.6. The van der Waals surface area contributed by atoms with Crippen molar-refractivity contribution in [1.29, 1.82) is 0 Å². The number of aryl methyl sites for hydroxylation is 4. The van der Waals surface area contributed by atoms with E-state index in [-0.39, 0.29) is 6.04 Å². The highest BCUT2D eigenvalue weighted by molar-refractivity contribution is 7.12. The number of thiophene rings is 1. The quantitative estimate of drug-likeness (QED) is 0.939. The smallest absolute Gasteiger partial charge is 0.130 e. The number of aromatic nitrogens is 2. The standard InChI is InChI=1S/C13H18ClN3S/c1-7-5-12(18-9(7)3)11(15)6-10-8(2)16-17(4)13(10)14/h5,11H,6,15H2,1-4H3. The summed E-state index contributed by atoms with van der Waals surface area (Å²) in [5.41, 5.74) is 9.59. The molecule has 3 nitrogen and oxygen atoms in total. The molecule has 2 aromatic rings. The molecule has 5 heteroatoms. The minimum atomic E-state index is -0.0113. The minimum Gasteiger partial charge on any atom is -0.323 e. The number of hydrogen-bond donors (Lipinski definition) is 1. The fraction of sp³-hybridized carbons (Fsp3) is 0.462. The molecule has 0 aliphatic carbocycles. The van der Waals surface area contributed by atoms with E-state index in [1.54, 1.807) is 16.0 Å². The van der Waals surface area contributed by atoms with Crippen LogP contribution in [-0.4, -0.2) is 9.78 Å². The maximum Gasteiger partial charge on any atom is 0.130 e. The van der Waals surface area contributed by atoms with Crippen LogP contribution in [-0.2, 0) is 13.5 Å². The fourth-order valence-electron chi connectivity index (χ4n) is 2.01. The van der Waals surface area contributed by atoms with Crippen LogP contribution in [0, 0.1) is 20.8 Å². The maximum atomic E-state index is 6.27. The zero-order chi connectivity index (χ0) is 13.4. The van der Waals surface area contributed by atoms with E-state index in [1.165, 1.54) is 15.3 Å². The molecular weight excluding hydrogens is 266 g/mol. The molecule has 0 amide bonds. The van der Waals surface area contributed by atoms with Crippen molar-refractivity contribution in [1.82, 2.24) is 9.78 Å². The fourth-order valence-corrected chi connectivity index (χ4v) is 3.31. The predicted molar refractivity (Wildman–Crippen MR) is 77.4 cm³/mol. The summed E-state index contributed by atoms with van der Waals surface area (Å²) in [7, 11) is 1.85. The third-order valence-electron chi connectivity index (χ3n) is 3.24. The topological polar surface area (TPSA) is 43.8 Å². The van der Waals surface area contributed by atoms with E-state index in [0.29, 0.717) is 5.15 Å². The molecule has 0 saturated heterocycles. The number of nitrogens with zero attached hydrogens (tertiary/aromatic N) is 2. The third-order valence-corrected chi connectivity index (χ3v) is 5.00. The molecule has 2 heterocycles. The second-order valence-electron chi connectivity index (χ2n) is 4.68. The normalized spacial score (nSPS) is 13.0. The Morgan fingerprint density at radius 3 is 2.56 bits per heavy atom. The van der Waals surface area contributed by atoms with Crippen LogP contribution < -0.4 is 5.73 Å². The van der Waals surface area contributed by atoms with Gasteiger partial charge in [-0.2, -0.15) is 5.10 Å². The molecule has 98 valence electrons. The van der Waals surface area contributed by atoms with Gasteiger partial charge >= 0.3 is 0 Å². The van der Waals surface area contributed by atoms with Gasteiger partial charge in [-0.25, -0.2) is 0 Å². The van der Waals surface area contributed by atoms with E-state index in [4.69, 9.17) is 17.3 Å². The van der Waals surface area contributed by atoms with Crippen LogP contribution in [0.4, 0.5) is 0 Å². The average Bonchev–Trinajstić information content (AvgIpc) is 2.75. The van der Waals surface area contributed by atoms with E-state index in [2.05, 4.69) is 25.0 Å². The van der Waals surface area contributed by atoms with Crippen LogP contribution in [0.15, 0.2) is 6.07 Å². The minimum absolute atomic E-state index is 0.0113. The first-order valence-electron chi connectivity index (χ1n) is 5.90. The molecule has 0 radical (unpaired) electrons. The molecule has 0 bridgehead atoms. The lowest BCUT2D eigenvalue weighted by atomic mass is 10.1. The summed E-state index contributed by atoms with van der Waals surface area (Å²) in [6.45, 7) is 6.21. The van der Waals surface area contributed by atoms with Crippen molar-refractivity contribution in [3.8, 4) is 0 Å². The van der Waals surface area contributed by atoms with E-state index < -0.39 is 0 Å². The Kier molecular flexibility index (Phi) is 3.80. The van der Waals surface area contributed by atoms with Gasteiger partial charge in [0.1, 0.15) is 5.15 Å². The van der Waals surface area contributed by atoms with Gasteiger partial charge in [0, 0.05) is 28.4 Å². The summed E-state index contributed by atoms with van der Waals surface area (Å²) in [6, 6.07) is 2.16. The van der Waals surface area contributed by atoms with Crippen LogP contribution >= 0.6 is 22.9 Å². The number of nitrogens with two attached hydrogens (primary N) is 1. The maximum absolute atomic E-state index is 6.27. The van der Waals surface area contributed by atoms with Gasteiger partial charge in [0.15, 0.2) is 0 Å². The van der Waals surface area contributed by atoms with Crippen molar-refractivity contribution >= 4 is 22.9 Å². The van der Waals surface area contributed by atoms with Crippen molar-refractivity contribution in [2.75, 3.05) is 0 Å². The molecule has 18 heavy (non-hydrogen) atoms. The van der Waals surface area contributed by atoms with Crippen molar-refractivity contribution in [2.45, 2.75) is 33.2 Å². The molecule has 0 fully saturated rings. The van der Waals surface area contributed by atoms with Gasteiger partial charge < -0.3 is 5.73 Å². The van der Waals surface area contributed by atoms with E-state index in [1.807, 2.05) is 14.0 Å². The first-order valence-corrected chi connectivity index (χ1v) is 7.10. The molecule has 2 rings (SSSR count). The number of halogens is 1. The van der Waals surface area contributed by atoms with E-state index in [9.17, 15) is 0 Å². The summed E-state index contributed by atoms with van der Waals surface area (Å²) < 4.78 is 1.70. The Labute approximate surface area is 117 Å². The Morgan fingerprint density at radius 2 is 2.11 bits per heavy atom. The highest BCUT2D eigenvalue weighted by Gasteiger charge is 2.17. The van der Waals surface area contributed by atoms with Crippen LogP contribution in [0.3, 0.4) is 0 Å². The van der Waals surface area contributed by atoms with Gasteiger partial charge in [-0.1, -0.05) is 11.6 Å². The molecule has 0 aliphatic rings. The predicted octanol–water partition coefficient (Wildman–Crippen LogP) is 3.30. The summed E-state index contributed by atoms with van der Waals surface area (Å²) >= 11 is 8.00. The summed E-state index contributed by atoms with van der Waals surface area (Å²) in [5, 5.41) is 5.00. The van der Waals surface area contributed by atoms with Crippen LogP contribution in [0.1, 0.15) is 32.6 Å². The van der Waals surface area contributed by atoms with Gasteiger partial charge in [0.05, 0.1) is 5.69 Å². The second kappa shape index (κ2) is 5.03. The van der Waals surface area contributed by atoms with Crippen molar-refractivity contribution in [3.63, 3.8) is 0 Å². The molecule has 1 unspecified atom stereocenters. The van der Waals surface area contributed by atoms with Gasteiger partial charge in [-0.05, 0) is 38.8 Å². The largest absolute Gasteiger partial charge is 0.323 e. The van der Waals surface area contributed by atoms with Crippen molar-refractivity contribution < 1.29 is 0 Å². The average molecular weight is 284 g/mol. The zero-order valence-corrected chi connectivity index (χ0v) is 12.7. The van der Waals surface area contributed by atoms with Crippen molar-refractivity contribution in [2.24, 2.45) is 12.8 Å². The first-order chi connectivity index (χ1) is 8.40. The number of rotatable bonds is 3. The summed E-state index contributed by atoms with van der Waals surface area (Å²) in [4.78, 5) is 2.54. The lowest BCUT2D eigenvalue weighted by Crippen LogP contribution is -2.12.